The Morgan fingerprint density at radius 2 is 1.81 bits per heavy atom. The second kappa shape index (κ2) is 6.09. The van der Waals surface area contributed by atoms with Crippen molar-refractivity contribution < 1.29 is 9.47 Å². The zero-order valence-electron chi connectivity index (χ0n) is 9.70. The van der Waals surface area contributed by atoms with Crippen LogP contribution >= 0.6 is 11.6 Å². The van der Waals surface area contributed by atoms with Gasteiger partial charge in [0.2, 0.25) is 0 Å². The van der Waals surface area contributed by atoms with Crippen molar-refractivity contribution >= 4 is 11.6 Å². The minimum Gasteiger partial charge on any atom is -0.491 e. The lowest BCUT2D eigenvalue weighted by molar-refractivity contribution is 0.0724. The number of ether oxygens (including phenoxy) is 2. The van der Waals surface area contributed by atoms with Crippen LogP contribution in [0.1, 0.15) is 13.8 Å². The zero-order valence-corrected chi connectivity index (χ0v) is 10.5. The third kappa shape index (κ3) is 5.95. The Bertz CT molecular complexity index is 306. The Morgan fingerprint density at radius 3 is 2.38 bits per heavy atom. The molecule has 0 unspecified atom stereocenters. The van der Waals surface area contributed by atoms with Gasteiger partial charge in [-0.3, -0.25) is 0 Å². The van der Waals surface area contributed by atoms with Crippen LogP contribution < -0.4 is 10.5 Å². The van der Waals surface area contributed by atoms with E-state index in [0.717, 1.165) is 5.75 Å². The van der Waals surface area contributed by atoms with Gasteiger partial charge in [-0.1, -0.05) is 11.6 Å². The van der Waals surface area contributed by atoms with Crippen molar-refractivity contribution in [1.82, 2.24) is 0 Å². The SMILES string of the molecule is CC(C)(N)COCCOc1ccc(Cl)cc1. The van der Waals surface area contributed by atoms with Gasteiger partial charge in [0.1, 0.15) is 12.4 Å². The molecule has 0 atom stereocenters. The number of rotatable bonds is 6. The van der Waals surface area contributed by atoms with Crippen molar-refractivity contribution in [3.63, 3.8) is 0 Å². The van der Waals surface area contributed by atoms with E-state index >= 15 is 0 Å². The van der Waals surface area contributed by atoms with E-state index in [0.29, 0.717) is 24.8 Å². The topological polar surface area (TPSA) is 44.5 Å². The quantitative estimate of drug-likeness (QED) is 0.781. The molecule has 0 fully saturated rings. The normalized spacial score (nSPS) is 11.5. The second-order valence-electron chi connectivity index (χ2n) is 4.34. The van der Waals surface area contributed by atoms with Gasteiger partial charge in [0.25, 0.3) is 0 Å². The molecule has 1 aromatic carbocycles. The fourth-order valence-electron chi connectivity index (χ4n) is 1.08. The predicted octanol–water partition coefficient (Wildman–Crippen LogP) is 2.47. The predicted molar refractivity (Wildman–Crippen MR) is 66.0 cm³/mol. The average molecular weight is 244 g/mol. The third-order valence-electron chi connectivity index (χ3n) is 1.78. The first-order valence-corrected chi connectivity index (χ1v) is 5.60. The van der Waals surface area contributed by atoms with Crippen LogP contribution in [0.15, 0.2) is 24.3 Å². The molecule has 0 aliphatic carbocycles. The van der Waals surface area contributed by atoms with E-state index < -0.39 is 0 Å². The molecular formula is C12H18ClNO2. The molecule has 3 nitrogen and oxygen atoms in total. The van der Waals surface area contributed by atoms with Crippen LogP contribution in [-0.4, -0.2) is 25.4 Å². The van der Waals surface area contributed by atoms with Crippen LogP contribution in [0.3, 0.4) is 0 Å². The van der Waals surface area contributed by atoms with Crippen LogP contribution in [0.4, 0.5) is 0 Å². The van der Waals surface area contributed by atoms with E-state index in [2.05, 4.69) is 0 Å². The summed E-state index contributed by atoms with van der Waals surface area (Å²) in [7, 11) is 0. The van der Waals surface area contributed by atoms with Gasteiger partial charge < -0.3 is 15.2 Å². The van der Waals surface area contributed by atoms with Gasteiger partial charge in [-0.2, -0.15) is 0 Å². The lowest BCUT2D eigenvalue weighted by atomic mass is 10.1. The molecule has 90 valence electrons. The highest BCUT2D eigenvalue weighted by Crippen LogP contribution is 2.15. The maximum atomic E-state index is 5.76. The molecule has 0 bridgehead atoms. The lowest BCUT2D eigenvalue weighted by Gasteiger charge is -2.18. The Labute approximate surface area is 101 Å². The Kier molecular flexibility index (Phi) is 5.06. The molecule has 0 aromatic heterocycles. The van der Waals surface area contributed by atoms with Crippen molar-refractivity contribution in [3.8, 4) is 5.75 Å². The number of hydrogen-bond acceptors (Lipinski definition) is 3. The Hall–Kier alpha value is -0.770. The molecular weight excluding hydrogens is 226 g/mol. The lowest BCUT2D eigenvalue weighted by Crippen LogP contribution is -2.37. The summed E-state index contributed by atoms with van der Waals surface area (Å²) >= 11 is 5.75. The Balaban J connectivity index is 2.14. The van der Waals surface area contributed by atoms with Gasteiger partial charge in [-0.15, -0.1) is 0 Å². The van der Waals surface area contributed by atoms with Crippen LogP contribution in [0.2, 0.25) is 5.02 Å². The highest BCUT2D eigenvalue weighted by atomic mass is 35.5. The number of hydrogen-bond donors (Lipinski definition) is 1. The van der Waals surface area contributed by atoms with Crippen molar-refractivity contribution in [1.29, 1.82) is 0 Å². The number of benzene rings is 1. The standard InChI is InChI=1S/C12H18ClNO2/c1-12(2,14)9-15-7-8-16-11-5-3-10(13)4-6-11/h3-6H,7-9,14H2,1-2H3. The van der Waals surface area contributed by atoms with E-state index in [4.69, 9.17) is 26.8 Å². The molecule has 0 aliphatic rings. The largest absolute Gasteiger partial charge is 0.491 e. The summed E-state index contributed by atoms with van der Waals surface area (Å²) in [5, 5.41) is 0.702. The first-order chi connectivity index (χ1) is 7.47. The van der Waals surface area contributed by atoms with Gasteiger partial charge in [0, 0.05) is 10.6 Å². The molecule has 0 heterocycles. The van der Waals surface area contributed by atoms with E-state index in [1.807, 2.05) is 26.0 Å². The first-order valence-electron chi connectivity index (χ1n) is 5.22. The second-order valence-corrected chi connectivity index (χ2v) is 4.78. The van der Waals surface area contributed by atoms with Gasteiger partial charge in [-0.05, 0) is 38.1 Å². The minimum atomic E-state index is -0.291. The summed E-state index contributed by atoms with van der Waals surface area (Å²) in [4.78, 5) is 0. The summed E-state index contributed by atoms with van der Waals surface area (Å²) in [6.45, 7) is 5.41. The minimum absolute atomic E-state index is 0.291. The maximum Gasteiger partial charge on any atom is 0.119 e. The van der Waals surface area contributed by atoms with Gasteiger partial charge >= 0.3 is 0 Å². The summed E-state index contributed by atoms with van der Waals surface area (Å²) in [5.74, 6) is 0.792. The highest BCUT2D eigenvalue weighted by Gasteiger charge is 2.09. The Morgan fingerprint density at radius 1 is 1.19 bits per heavy atom. The average Bonchev–Trinajstić information content (AvgIpc) is 2.19. The van der Waals surface area contributed by atoms with Crippen molar-refractivity contribution in [2.24, 2.45) is 5.73 Å². The smallest absolute Gasteiger partial charge is 0.119 e. The van der Waals surface area contributed by atoms with Crippen molar-refractivity contribution in [2.75, 3.05) is 19.8 Å². The zero-order chi connectivity index (χ0) is 12.0. The van der Waals surface area contributed by atoms with Gasteiger partial charge in [0.15, 0.2) is 0 Å². The summed E-state index contributed by atoms with van der Waals surface area (Å²) in [6.07, 6.45) is 0. The number of halogens is 1. The summed E-state index contributed by atoms with van der Waals surface area (Å²) in [6, 6.07) is 7.24. The summed E-state index contributed by atoms with van der Waals surface area (Å²) < 4.78 is 10.8. The monoisotopic (exact) mass is 243 g/mol. The van der Waals surface area contributed by atoms with Gasteiger partial charge in [-0.25, -0.2) is 0 Å². The molecule has 0 saturated heterocycles. The van der Waals surface area contributed by atoms with E-state index in [9.17, 15) is 0 Å². The molecule has 0 radical (unpaired) electrons. The molecule has 0 saturated carbocycles. The van der Waals surface area contributed by atoms with Gasteiger partial charge in [0.05, 0.1) is 13.2 Å². The molecule has 0 aliphatic heterocycles. The van der Waals surface area contributed by atoms with Crippen LogP contribution in [-0.2, 0) is 4.74 Å². The van der Waals surface area contributed by atoms with E-state index in [1.54, 1.807) is 12.1 Å². The van der Waals surface area contributed by atoms with Crippen molar-refractivity contribution in [3.05, 3.63) is 29.3 Å². The first kappa shape index (κ1) is 13.3. The third-order valence-corrected chi connectivity index (χ3v) is 2.04. The van der Waals surface area contributed by atoms with E-state index in [1.165, 1.54) is 0 Å². The fraction of sp³-hybridized carbons (Fsp3) is 0.500. The highest BCUT2D eigenvalue weighted by molar-refractivity contribution is 6.30. The maximum absolute atomic E-state index is 5.76. The number of nitrogens with two attached hydrogens (primary N) is 1. The van der Waals surface area contributed by atoms with Crippen molar-refractivity contribution in [2.45, 2.75) is 19.4 Å². The van der Waals surface area contributed by atoms with Crippen LogP contribution in [0.25, 0.3) is 0 Å². The summed E-state index contributed by atoms with van der Waals surface area (Å²) in [5.41, 5.74) is 5.47. The molecule has 0 spiro atoms. The molecule has 1 aromatic rings. The molecule has 4 heteroatoms. The van der Waals surface area contributed by atoms with Crippen LogP contribution in [0.5, 0.6) is 5.75 Å². The van der Waals surface area contributed by atoms with E-state index in [-0.39, 0.29) is 5.54 Å². The molecule has 0 amide bonds. The molecule has 2 N–H and O–H groups in total. The molecule has 1 rings (SSSR count). The fourth-order valence-corrected chi connectivity index (χ4v) is 1.21. The molecule has 16 heavy (non-hydrogen) atoms. The van der Waals surface area contributed by atoms with Crippen LogP contribution in [0, 0.1) is 0 Å².